The van der Waals surface area contributed by atoms with E-state index in [2.05, 4.69) is 5.32 Å². The van der Waals surface area contributed by atoms with Crippen LogP contribution in [0.15, 0.2) is 30.3 Å². The molecule has 1 aromatic heterocycles. The van der Waals surface area contributed by atoms with Gasteiger partial charge in [0.1, 0.15) is 5.00 Å². The summed E-state index contributed by atoms with van der Waals surface area (Å²) in [5.74, 6) is -1.35. The number of ether oxygens (including phenoxy) is 2. The maximum atomic E-state index is 12.5. The highest BCUT2D eigenvalue weighted by molar-refractivity contribution is 7.16. The number of anilines is 1. The van der Waals surface area contributed by atoms with E-state index in [0.29, 0.717) is 23.4 Å². The van der Waals surface area contributed by atoms with E-state index < -0.39 is 29.9 Å². The lowest BCUT2D eigenvalue weighted by molar-refractivity contribution is -0.150. The fraction of sp³-hybridized carbons (Fsp3) is 0.381. The summed E-state index contributed by atoms with van der Waals surface area (Å²) in [6, 6.07) is 9.46. The Bertz CT molecular complexity index is 899. The Balaban J connectivity index is 1.63. The van der Waals surface area contributed by atoms with Crippen molar-refractivity contribution in [2.75, 3.05) is 18.5 Å². The second-order valence-corrected chi connectivity index (χ2v) is 8.01. The maximum absolute atomic E-state index is 12.5. The molecule has 0 unspecified atom stereocenters. The highest BCUT2D eigenvalue weighted by atomic mass is 32.1. The Morgan fingerprint density at radius 2 is 1.79 bits per heavy atom. The number of benzene rings is 1. The zero-order valence-corrected chi connectivity index (χ0v) is 17.0. The van der Waals surface area contributed by atoms with Gasteiger partial charge in [0.25, 0.3) is 5.91 Å². The first-order valence-electron chi connectivity index (χ1n) is 9.18. The molecule has 7 heteroatoms. The lowest BCUT2D eigenvalue weighted by Crippen LogP contribution is -2.28. The fourth-order valence-corrected chi connectivity index (χ4v) is 4.15. The summed E-state index contributed by atoms with van der Waals surface area (Å²) in [4.78, 5) is 38.0. The Morgan fingerprint density at radius 1 is 1.11 bits per heavy atom. The van der Waals surface area contributed by atoms with E-state index in [1.54, 1.807) is 6.92 Å². The van der Waals surface area contributed by atoms with Crippen LogP contribution in [0.2, 0.25) is 0 Å². The van der Waals surface area contributed by atoms with Crippen LogP contribution in [-0.2, 0) is 24.5 Å². The molecule has 0 radical (unpaired) electrons. The van der Waals surface area contributed by atoms with Gasteiger partial charge >= 0.3 is 11.9 Å². The Kier molecular flexibility index (Phi) is 5.84. The molecule has 1 fully saturated rings. The van der Waals surface area contributed by atoms with Gasteiger partial charge in [-0.25, -0.2) is 4.79 Å². The summed E-state index contributed by atoms with van der Waals surface area (Å²) in [5, 5.41) is 3.10. The lowest BCUT2D eigenvalue weighted by Gasteiger charge is -2.14. The van der Waals surface area contributed by atoms with Gasteiger partial charge < -0.3 is 14.8 Å². The predicted octanol–water partition coefficient (Wildman–Crippen LogP) is 3.76. The standard InChI is InChI=1S/C21H23NO5S/c1-4-26-19(24)17-13(2)14(3)28-18(17)22-16(23)12-27-20(25)21(10-11-21)15-8-6-5-7-9-15/h5-9H,4,10-12H2,1-3H3,(H,22,23). The minimum Gasteiger partial charge on any atom is -0.462 e. The van der Waals surface area contributed by atoms with Crippen LogP contribution < -0.4 is 5.32 Å². The van der Waals surface area contributed by atoms with Crippen molar-refractivity contribution in [3.63, 3.8) is 0 Å². The van der Waals surface area contributed by atoms with Gasteiger partial charge in [-0.15, -0.1) is 11.3 Å². The number of esters is 2. The summed E-state index contributed by atoms with van der Waals surface area (Å²) in [5.41, 5.74) is 1.41. The van der Waals surface area contributed by atoms with Crippen molar-refractivity contribution in [1.29, 1.82) is 0 Å². The summed E-state index contributed by atoms with van der Waals surface area (Å²) in [6.45, 7) is 5.26. The van der Waals surface area contributed by atoms with Crippen LogP contribution in [0.25, 0.3) is 0 Å². The summed E-state index contributed by atoms with van der Waals surface area (Å²) in [6.07, 6.45) is 1.43. The van der Waals surface area contributed by atoms with Crippen LogP contribution in [0.4, 0.5) is 5.00 Å². The third-order valence-corrected chi connectivity index (χ3v) is 6.04. The quantitative estimate of drug-likeness (QED) is 0.715. The van der Waals surface area contributed by atoms with Crippen LogP contribution in [-0.4, -0.2) is 31.1 Å². The molecule has 2 aromatic rings. The largest absolute Gasteiger partial charge is 0.462 e. The fourth-order valence-electron chi connectivity index (χ4n) is 3.09. The van der Waals surface area contributed by atoms with Crippen LogP contribution >= 0.6 is 11.3 Å². The number of hydrogen-bond acceptors (Lipinski definition) is 6. The van der Waals surface area contributed by atoms with Crippen molar-refractivity contribution >= 4 is 34.2 Å². The second-order valence-electron chi connectivity index (χ2n) is 6.78. The molecule has 1 N–H and O–H groups in total. The average molecular weight is 401 g/mol. The van der Waals surface area contributed by atoms with Gasteiger partial charge in [-0.05, 0) is 44.7 Å². The van der Waals surface area contributed by atoms with Crippen LogP contribution in [0, 0.1) is 13.8 Å². The molecule has 28 heavy (non-hydrogen) atoms. The highest BCUT2D eigenvalue weighted by Gasteiger charge is 2.52. The van der Waals surface area contributed by atoms with E-state index in [-0.39, 0.29) is 6.61 Å². The molecule has 1 aromatic carbocycles. The average Bonchev–Trinajstić information content (AvgIpc) is 3.44. The van der Waals surface area contributed by atoms with Gasteiger partial charge in [-0.3, -0.25) is 9.59 Å². The number of nitrogens with one attached hydrogen (secondary N) is 1. The maximum Gasteiger partial charge on any atom is 0.341 e. The third kappa shape index (κ3) is 3.94. The molecular weight excluding hydrogens is 378 g/mol. The van der Waals surface area contributed by atoms with E-state index in [4.69, 9.17) is 9.47 Å². The van der Waals surface area contributed by atoms with Gasteiger partial charge in [0.2, 0.25) is 0 Å². The Morgan fingerprint density at radius 3 is 2.39 bits per heavy atom. The molecule has 1 amide bonds. The molecule has 1 aliphatic carbocycles. The smallest absolute Gasteiger partial charge is 0.341 e. The first kappa shape index (κ1) is 20.1. The van der Waals surface area contributed by atoms with Crippen LogP contribution in [0.5, 0.6) is 0 Å². The van der Waals surface area contributed by atoms with Crippen molar-refractivity contribution in [2.24, 2.45) is 0 Å². The van der Waals surface area contributed by atoms with Crippen LogP contribution in [0.1, 0.15) is 46.1 Å². The number of rotatable bonds is 7. The molecule has 0 spiro atoms. The number of carbonyl (C=O) groups excluding carboxylic acids is 3. The number of amides is 1. The van der Waals surface area contributed by atoms with Crippen molar-refractivity contribution < 1.29 is 23.9 Å². The first-order chi connectivity index (χ1) is 13.4. The highest BCUT2D eigenvalue weighted by Crippen LogP contribution is 2.49. The molecule has 1 aliphatic rings. The molecule has 0 saturated heterocycles. The van der Waals surface area contributed by atoms with Crippen molar-refractivity contribution in [3.8, 4) is 0 Å². The van der Waals surface area contributed by atoms with Gasteiger partial charge in [-0.1, -0.05) is 30.3 Å². The van der Waals surface area contributed by atoms with E-state index in [9.17, 15) is 14.4 Å². The predicted molar refractivity (Wildman–Crippen MR) is 107 cm³/mol. The second kappa shape index (κ2) is 8.14. The van der Waals surface area contributed by atoms with Crippen molar-refractivity contribution in [1.82, 2.24) is 0 Å². The van der Waals surface area contributed by atoms with E-state index >= 15 is 0 Å². The number of aryl methyl sites for hydroxylation is 1. The minimum atomic E-state index is -0.631. The molecule has 1 saturated carbocycles. The third-order valence-electron chi connectivity index (χ3n) is 4.92. The number of carbonyl (C=O) groups is 3. The normalized spacial score (nSPS) is 14.2. The summed E-state index contributed by atoms with van der Waals surface area (Å²) >= 11 is 1.30. The molecule has 6 nitrogen and oxygen atoms in total. The molecular formula is C21H23NO5S. The van der Waals surface area contributed by atoms with E-state index in [0.717, 1.165) is 16.0 Å². The van der Waals surface area contributed by atoms with E-state index in [1.165, 1.54) is 11.3 Å². The topological polar surface area (TPSA) is 81.7 Å². The van der Waals surface area contributed by atoms with Gasteiger partial charge in [0.15, 0.2) is 6.61 Å². The molecule has 0 bridgehead atoms. The number of hydrogen-bond donors (Lipinski definition) is 1. The monoisotopic (exact) mass is 401 g/mol. The zero-order chi connectivity index (χ0) is 20.3. The van der Waals surface area contributed by atoms with Gasteiger partial charge in [0, 0.05) is 4.88 Å². The molecule has 0 aliphatic heterocycles. The van der Waals surface area contributed by atoms with Gasteiger partial charge in [-0.2, -0.15) is 0 Å². The lowest BCUT2D eigenvalue weighted by atomic mass is 9.96. The van der Waals surface area contributed by atoms with Crippen molar-refractivity contribution in [2.45, 2.75) is 39.0 Å². The Labute approximate surface area is 167 Å². The van der Waals surface area contributed by atoms with Crippen molar-refractivity contribution in [3.05, 3.63) is 51.9 Å². The Hall–Kier alpha value is -2.67. The summed E-state index contributed by atoms with van der Waals surface area (Å²) < 4.78 is 10.4. The molecule has 148 valence electrons. The van der Waals surface area contributed by atoms with Crippen LogP contribution in [0.3, 0.4) is 0 Å². The molecule has 0 atom stereocenters. The summed E-state index contributed by atoms with van der Waals surface area (Å²) in [7, 11) is 0. The zero-order valence-electron chi connectivity index (χ0n) is 16.2. The van der Waals surface area contributed by atoms with E-state index in [1.807, 2.05) is 44.2 Å². The first-order valence-corrected chi connectivity index (χ1v) is 10.0. The minimum absolute atomic E-state index is 0.250. The molecule has 3 rings (SSSR count). The van der Waals surface area contributed by atoms with Gasteiger partial charge in [0.05, 0.1) is 17.6 Å². The number of thiophene rings is 1. The molecule has 1 heterocycles. The SMILES string of the molecule is CCOC(=O)c1c(NC(=O)COC(=O)C2(c3ccccc3)CC2)sc(C)c1C.